The minimum absolute atomic E-state index is 0.0498. The lowest BCUT2D eigenvalue weighted by Crippen LogP contribution is -2.32. The van der Waals surface area contributed by atoms with E-state index in [0.29, 0.717) is 43.4 Å². The molecule has 2 N–H and O–H groups in total. The molecule has 1 fully saturated rings. The molecule has 5 heteroatoms. The lowest BCUT2D eigenvalue weighted by molar-refractivity contribution is 0.0778. The molecule has 124 valence electrons. The van der Waals surface area contributed by atoms with Gasteiger partial charge >= 0.3 is 0 Å². The third kappa shape index (κ3) is 2.61. The van der Waals surface area contributed by atoms with Crippen molar-refractivity contribution < 1.29 is 14.3 Å². The quantitative estimate of drug-likeness (QED) is 0.918. The Kier molecular flexibility index (Phi) is 3.86. The average Bonchev–Trinajstić information content (AvgIpc) is 3.03. The maximum Gasteiger partial charge on any atom is 0.257 e. The molecule has 5 nitrogen and oxygen atoms in total. The summed E-state index contributed by atoms with van der Waals surface area (Å²) in [4.78, 5) is 14.8. The van der Waals surface area contributed by atoms with Gasteiger partial charge in [-0.1, -0.05) is 36.4 Å². The minimum Gasteiger partial charge on any atom is -0.486 e. The second kappa shape index (κ2) is 6.17. The lowest BCUT2D eigenvalue weighted by Gasteiger charge is -2.23. The molecule has 0 unspecified atom stereocenters. The molecule has 0 aromatic heterocycles. The molecule has 2 heterocycles. The number of hydrogen-bond donors (Lipinski definition) is 1. The molecule has 1 saturated heterocycles. The van der Waals surface area contributed by atoms with E-state index < -0.39 is 0 Å². The number of amides is 1. The number of nitrogens with zero attached hydrogens (tertiary/aromatic N) is 1. The van der Waals surface area contributed by atoms with E-state index in [4.69, 9.17) is 15.2 Å². The van der Waals surface area contributed by atoms with Crippen LogP contribution in [0.25, 0.3) is 0 Å². The number of para-hydroxylation sites is 1. The van der Waals surface area contributed by atoms with Gasteiger partial charge in [-0.05, 0) is 17.7 Å². The summed E-state index contributed by atoms with van der Waals surface area (Å²) in [6, 6.07) is 15.5. The van der Waals surface area contributed by atoms with Crippen molar-refractivity contribution in [2.75, 3.05) is 26.3 Å². The van der Waals surface area contributed by atoms with Crippen LogP contribution in [-0.2, 0) is 0 Å². The highest BCUT2D eigenvalue weighted by atomic mass is 16.6. The van der Waals surface area contributed by atoms with Gasteiger partial charge in [-0.2, -0.15) is 0 Å². The Labute approximate surface area is 141 Å². The zero-order chi connectivity index (χ0) is 16.5. The average molecular weight is 324 g/mol. The van der Waals surface area contributed by atoms with Gasteiger partial charge in [-0.15, -0.1) is 0 Å². The first-order chi connectivity index (χ1) is 11.7. The summed E-state index contributed by atoms with van der Waals surface area (Å²) in [5, 5.41) is 0. The second-order valence-corrected chi connectivity index (χ2v) is 6.22. The van der Waals surface area contributed by atoms with Crippen LogP contribution in [-0.4, -0.2) is 43.2 Å². The third-order valence-corrected chi connectivity index (χ3v) is 4.68. The Morgan fingerprint density at radius 3 is 2.62 bits per heavy atom. The lowest BCUT2D eigenvalue weighted by atomic mass is 9.95. The van der Waals surface area contributed by atoms with Crippen LogP contribution >= 0.6 is 0 Å². The van der Waals surface area contributed by atoms with E-state index in [9.17, 15) is 4.79 Å². The predicted molar refractivity (Wildman–Crippen MR) is 90.5 cm³/mol. The first kappa shape index (κ1) is 15.0. The maximum absolute atomic E-state index is 13.0. The predicted octanol–water partition coefficient (Wildman–Crippen LogP) is 2.02. The van der Waals surface area contributed by atoms with Gasteiger partial charge in [0, 0.05) is 25.0 Å². The number of carbonyl (C=O) groups is 1. The largest absolute Gasteiger partial charge is 0.486 e. The molecular formula is C19H20N2O3. The van der Waals surface area contributed by atoms with Crippen LogP contribution in [0.4, 0.5) is 0 Å². The molecule has 0 aliphatic carbocycles. The summed E-state index contributed by atoms with van der Waals surface area (Å²) in [6.45, 7) is 2.14. The molecule has 0 bridgehead atoms. The SMILES string of the molecule is N[C@@H]1CN(C(=O)c2cccc3c2OCCO3)C[C@H]1c1ccccc1. The summed E-state index contributed by atoms with van der Waals surface area (Å²) in [5.74, 6) is 1.29. The number of nitrogens with two attached hydrogens (primary N) is 1. The van der Waals surface area contributed by atoms with Crippen molar-refractivity contribution in [2.45, 2.75) is 12.0 Å². The Bertz CT molecular complexity index is 748. The number of benzene rings is 2. The fourth-order valence-electron chi connectivity index (χ4n) is 3.46. The fraction of sp³-hybridized carbons (Fsp3) is 0.316. The number of hydrogen-bond acceptors (Lipinski definition) is 4. The van der Waals surface area contributed by atoms with Crippen molar-refractivity contribution in [3.8, 4) is 11.5 Å². The van der Waals surface area contributed by atoms with Crippen LogP contribution in [0.2, 0.25) is 0 Å². The molecule has 24 heavy (non-hydrogen) atoms. The number of rotatable bonds is 2. The van der Waals surface area contributed by atoms with Crippen LogP contribution in [0.3, 0.4) is 0 Å². The molecule has 2 atom stereocenters. The van der Waals surface area contributed by atoms with Gasteiger partial charge in [-0.3, -0.25) is 4.79 Å². The van der Waals surface area contributed by atoms with Crippen molar-refractivity contribution in [2.24, 2.45) is 5.73 Å². The minimum atomic E-state index is -0.0620. The zero-order valence-corrected chi connectivity index (χ0v) is 13.4. The highest BCUT2D eigenvalue weighted by Crippen LogP contribution is 2.35. The van der Waals surface area contributed by atoms with Crippen molar-refractivity contribution in [3.05, 3.63) is 59.7 Å². The molecular weight excluding hydrogens is 304 g/mol. The molecule has 2 aromatic carbocycles. The standard InChI is InChI=1S/C19H20N2O3/c20-16-12-21(11-15(16)13-5-2-1-3-6-13)19(22)14-7-4-8-17-18(14)24-10-9-23-17/h1-8,15-16H,9-12,20H2/t15-,16+/m0/s1. The third-order valence-electron chi connectivity index (χ3n) is 4.68. The first-order valence-corrected chi connectivity index (χ1v) is 8.22. The number of ether oxygens (including phenoxy) is 2. The van der Waals surface area contributed by atoms with Gasteiger partial charge in [-0.25, -0.2) is 0 Å². The normalized spacial score (nSPS) is 22.5. The zero-order valence-electron chi connectivity index (χ0n) is 13.4. The van der Waals surface area contributed by atoms with Crippen molar-refractivity contribution in [1.29, 1.82) is 0 Å². The van der Waals surface area contributed by atoms with E-state index >= 15 is 0 Å². The maximum atomic E-state index is 13.0. The van der Waals surface area contributed by atoms with E-state index in [-0.39, 0.29) is 17.9 Å². The molecule has 4 rings (SSSR count). The van der Waals surface area contributed by atoms with E-state index in [1.54, 1.807) is 6.07 Å². The highest BCUT2D eigenvalue weighted by Gasteiger charge is 2.35. The molecule has 0 spiro atoms. The van der Waals surface area contributed by atoms with Crippen LogP contribution < -0.4 is 15.2 Å². The Balaban J connectivity index is 1.58. The Morgan fingerprint density at radius 2 is 1.79 bits per heavy atom. The van der Waals surface area contributed by atoms with E-state index in [0.717, 1.165) is 0 Å². The summed E-state index contributed by atoms with van der Waals surface area (Å²) < 4.78 is 11.2. The second-order valence-electron chi connectivity index (χ2n) is 6.22. The van der Waals surface area contributed by atoms with Crippen LogP contribution in [0.1, 0.15) is 21.8 Å². The number of likely N-dealkylation sites (tertiary alicyclic amines) is 1. The Morgan fingerprint density at radius 1 is 1.00 bits per heavy atom. The topological polar surface area (TPSA) is 64.8 Å². The van der Waals surface area contributed by atoms with Gasteiger partial charge in [0.25, 0.3) is 5.91 Å². The smallest absolute Gasteiger partial charge is 0.257 e. The van der Waals surface area contributed by atoms with Crippen LogP contribution in [0, 0.1) is 0 Å². The van der Waals surface area contributed by atoms with Gasteiger partial charge in [0.2, 0.25) is 0 Å². The van der Waals surface area contributed by atoms with E-state index in [1.165, 1.54) is 5.56 Å². The summed E-state index contributed by atoms with van der Waals surface area (Å²) in [5.41, 5.74) is 8.03. The van der Waals surface area contributed by atoms with Gasteiger partial charge < -0.3 is 20.1 Å². The van der Waals surface area contributed by atoms with Crippen molar-refractivity contribution >= 4 is 5.91 Å². The molecule has 2 aliphatic rings. The van der Waals surface area contributed by atoms with E-state index in [1.807, 2.05) is 35.2 Å². The van der Waals surface area contributed by atoms with Crippen molar-refractivity contribution in [3.63, 3.8) is 0 Å². The fourth-order valence-corrected chi connectivity index (χ4v) is 3.46. The summed E-state index contributed by atoms with van der Waals surface area (Å²) in [6.07, 6.45) is 0. The highest BCUT2D eigenvalue weighted by molar-refractivity contribution is 5.98. The van der Waals surface area contributed by atoms with E-state index in [2.05, 4.69) is 12.1 Å². The number of carbonyl (C=O) groups excluding carboxylic acids is 1. The molecule has 1 amide bonds. The Hall–Kier alpha value is -2.53. The molecule has 0 saturated carbocycles. The van der Waals surface area contributed by atoms with Crippen LogP contribution in [0.15, 0.2) is 48.5 Å². The van der Waals surface area contributed by atoms with Gasteiger partial charge in [0.15, 0.2) is 11.5 Å². The summed E-state index contributed by atoms with van der Waals surface area (Å²) in [7, 11) is 0. The molecule has 0 radical (unpaired) electrons. The number of fused-ring (bicyclic) bond motifs is 1. The molecule has 2 aromatic rings. The van der Waals surface area contributed by atoms with Crippen molar-refractivity contribution in [1.82, 2.24) is 4.90 Å². The van der Waals surface area contributed by atoms with Gasteiger partial charge in [0.05, 0.1) is 5.56 Å². The van der Waals surface area contributed by atoms with Gasteiger partial charge in [0.1, 0.15) is 13.2 Å². The monoisotopic (exact) mass is 324 g/mol. The summed E-state index contributed by atoms with van der Waals surface area (Å²) >= 11 is 0. The molecule has 2 aliphatic heterocycles. The first-order valence-electron chi connectivity index (χ1n) is 8.22. The van der Waals surface area contributed by atoms with Crippen LogP contribution in [0.5, 0.6) is 11.5 Å².